The van der Waals surface area contributed by atoms with Gasteiger partial charge in [0.15, 0.2) is 11.6 Å². The topological polar surface area (TPSA) is 87.0 Å². The molecule has 0 aliphatic heterocycles. The highest BCUT2D eigenvalue weighted by Gasteiger charge is 2.11. The lowest BCUT2D eigenvalue weighted by molar-refractivity contribution is 0.424. The molecule has 0 saturated carbocycles. The highest BCUT2D eigenvalue weighted by molar-refractivity contribution is 14.1. The average molecular weight is 346 g/mol. The van der Waals surface area contributed by atoms with Gasteiger partial charge in [-0.05, 0) is 34.7 Å². The van der Waals surface area contributed by atoms with E-state index in [0.717, 1.165) is 0 Å². The van der Waals surface area contributed by atoms with Gasteiger partial charge in [-0.25, -0.2) is 14.4 Å². The summed E-state index contributed by atoms with van der Waals surface area (Å²) in [6.07, 6.45) is 1.25. The number of nitrogens with two attached hydrogens (primary N) is 2. The van der Waals surface area contributed by atoms with Gasteiger partial charge >= 0.3 is 0 Å². The van der Waals surface area contributed by atoms with Crippen LogP contribution in [0.25, 0.3) is 0 Å². The summed E-state index contributed by atoms with van der Waals surface area (Å²) in [5.41, 5.74) is 11.3. The highest BCUT2D eigenvalue weighted by atomic mass is 127. The zero-order chi connectivity index (χ0) is 12.4. The first kappa shape index (κ1) is 11.8. The minimum absolute atomic E-state index is 0.0372. The van der Waals surface area contributed by atoms with Crippen molar-refractivity contribution in [2.24, 2.45) is 0 Å². The number of hydrogen-bond acceptors (Lipinski definition) is 5. The lowest BCUT2D eigenvalue weighted by atomic mass is 10.3. The zero-order valence-electron chi connectivity index (χ0n) is 8.52. The zero-order valence-corrected chi connectivity index (χ0v) is 10.7. The van der Waals surface area contributed by atoms with Crippen molar-refractivity contribution in [1.29, 1.82) is 0 Å². The van der Waals surface area contributed by atoms with Crippen LogP contribution in [0.5, 0.6) is 11.6 Å². The van der Waals surface area contributed by atoms with Crippen LogP contribution >= 0.6 is 22.6 Å². The summed E-state index contributed by atoms with van der Waals surface area (Å²) in [6, 6.07) is 4.14. The molecule has 0 radical (unpaired) electrons. The van der Waals surface area contributed by atoms with Gasteiger partial charge in [-0.15, -0.1) is 0 Å². The summed E-state index contributed by atoms with van der Waals surface area (Å²) in [5, 5.41) is 0. The minimum Gasteiger partial charge on any atom is -0.435 e. The fourth-order valence-corrected chi connectivity index (χ4v) is 1.53. The van der Waals surface area contributed by atoms with Gasteiger partial charge in [-0.3, -0.25) is 0 Å². The molecular weight excluding hydrogens is 338 g/mol. The molecule has 0 saturated heterocycles. The van der Waals surface area contributed by atoms with Crippen LogP contribution in [0.15, 0.2) is 24.5 Å². The van der Waals surface area contributed by atoms with E-state index in [-0.39, 0.29) is 17.4 Å². The first-order chi connectivity index (χ1) is 8.08. The smallest absolute Gasteiger partial charge is 0.238 e. The Morgan fingerprint density at radius 2 is 2.00 bits per heavy atom. The summed E-state index contributed by atoms with van der Waals surface area (Å²) in [6.45, 7) is 0. The van der Waals surface area contributed by atoms with E-state index in [4.69, 9.17) is 16.2 Å². The molecule has 1 aromatic carbocycles. The molecule has 0 spiro atoms. The lowest BCUT2D eigenvalue weighted by Crippen LogP contribution is -2.00. The monoisotopic (exact) mass is 346 g/mol. The van der Waals surface area contributed by atoms with Gasteiger partial charge in [0.05, 0.1) is 0 Å². The summed E-state index contributed by atoms with van der Waals surface area (Å²) >= 11 is 1.93. The van der Waals surface area contributed by atoms with Crippen LogP contribution < -0.4 is 16.2 Å². The van der Waals surface area contributed by atoms with Gasteiger partial charge in [0.1, 0.15) is 15.7 Å². The molecule has 2 aromatic rings. The Labute approximate surface area is 110 Å². The molecule has 4 N–H and O–H groups in total. The quantitative estimate of drug-likeness (QED) is 0.643. The van der Waals surface area contributed by atoms with Crippen molar-refractivity contribution in [3.05, 3.63) is 33.9 Å². The first-order valence-electron chi connectivity index (χ1n) is 4.57. The van der Waals surface area contributed by atoms with Crippen molar-refractivity contribution in [1.82, 2.24) is 9.97 Å². The van der Waals surface area contributed by atoms with Crippen LogP contribution in [0.4, 0.5) is 15.9 Å². The van der Waals surface area contributed by atoms with Crippen LogP contribution in [-0.4, -0.2) is 9.97 Å². The molecule has 0 atom stereocenters. The second-order valence-corrected chi connectivity index (χ2v) is 4.25. The van der Waals surface area contributed by atoms with E-state index in [9.17, 15) is 4.39 Å². The number of benzene rings is 1. The highest BCUT2D eigenvalue weighted by Crippen LogP contribution is 2.29. The Balaban J connectivity index is 2.35. The SMILES string of the molecule is Nc1ccc(Oc2ncnc(N)c2I)c(F)c1. The van der Waals surface area contributed by atoms with Crippen molar-refractivity contribution >= 4 is 34.1 Å². The number of hydrogen-bond donors (Lipinski definition) is 2. The second kappa shape index (κ2) is 4.70. The van der Waals surface area contributed by atoms with E-state index in [2.05, 4.69) is 9.97 Å². The third-order valence-electron chi connectivity index (χ3n) is 1.95. The van der Waals surface area contributed by atoms with Crippen LogP contribution in [0.2, 0.25) is 0 Å². The second-order valence-electron chi connectivity index (χ2n) is 3.17. The van der Waals surface area contributed by atoms with E-state index >= 15 is 0 Å². The fourth-order valence-electron chi connectivity index (χ4n) is 1.14. The normalized spacial score (nSPS) is 10.2. The van der Waals surface area contributed by atoms with Crippen LogP contribution in [-0.2, 0) is 0 Å². The Hall–Kier alpha value is -1.64. The third kappa shape index (κ3) is 2.54. The maximum atomic E-state index is 13.5. The van der Waals surface area contributed by atoms with Crippen molar-refractivity contribution < 1.29 is 9.13 Å². The predicted molar refractivity (Wildman–Crippen MR) is 70.0 cm³/mol. The van der Waals surface area contributed by atoms with Gasteiger partial charge in [0, 0.05) is 11.8 Å². The van der Waals surface area contributed by atoms with Crippen LogP contribution in [0.1, 0.15) is 0 Å². The van der Waals surface area contributed by atoms with Crippen LogP contribution in [0.3, 0.4) is 0 Å². The Morgan fingerprint density at radius 3 is 2.71 bits per heavy atom. The van der Waals surface area contributed by atoms with E-state index in [1.165, 1.54) is 24.5 Å². The largest absolute Gasteiger partial charge is 0.435 e. The molecule has 2 rings (SSSR count). The molecular formula is C10H8FIN4O. The third-order valence-corrected chi connectivity index (χ3v) is 2.96. The van der Waals surface area contributed by atoms with Crippen LogP contribution in [0, 0.1) is 9.39 Å². The predicted octanol–water partition coefficient (Wildman–Crippen LogP) is 2.18. The molecule has 5 nitrogen and oxygen atoms in total. The van der Waals surface area contributed by atoms with Gasteiger partial charge in [0.2, 0.25) is 5.88 Å². The molecule has 0 bridgehead atoms. The molecule has 0 amide bonds. The number of rotatable bonds is 2. The Morgan fingerprint density at radius 1 is 1.24 bits per heavy atom. The van der Waals surface area contributed by atoms with E-state index < -0.39 is 5.82 Å². The van der Waals surface area contributed by atoms with Crippen molar-refractivity contribution in [3.63, 3.8) is 0 Å². The minimum atomic E-state index is -0.557. The van der Waals surface area contributed by atoms with E-state index in [1.54, 1.807) is 0 Å². The molecule has 88 valence electrons. The van der Waals surface area contributed by atoms with Crippen molar-refractivity contribution in [3.8, 4) is 11.6 Å². The van der Waals surface area contributed by atoms with E-state index in [0.29, 0.717) is 9.26 Å². The lowest BCUT2D eigenvalue weighted by Gasteiger charge is -2.08. The first-order valence-corrected chi connectivity index (χ1v) is 5.64. The summed E-state index contributed by atoms with van der Waals surface area (Å²) in [4.78, 5) is 7.66. The van der Waals surface area contributed by atoms with Gasteiger partial charge < -0.3 is 16.2 Å². The number of ether oxygens (including phenoxy) is 1. The molecule has 17 heavy (non-hydrogen) atoms. The van der Waals surface area contributed by atoms with Gasteiger partial charge in [-0.2, -0.15) is 0 Å². The number of halogens is 2. The molecule has 0 aliphatic rings. The number of nitrogens with zero attached hydrogens (tertiary/aromatic N) is 2. The average Bonchev–Trinajstić information content (AvgIpc) is 2.28. The Kier molecular flexibility index (Phi) is 3.27. The number of anilines is 2. The molecule has 0 fully saturated rings. The standard InChI is InChI=1S/C10H8FIN4O/c11-6-3-5(13)1-2-7(6)17-10-8(12)9(14)15-4-16-10/h1-4H,13H2,(H2,14,15,16). The van der Waals surface area contributed by atoms with Crippen molar-refractivity contribution in [2.45, 2.75) is 0 Å². The number of aromatic nitrogens is 2. The van der Waals surface area contributed by atoms with E-state index in [1.807, 2.05) is 22.6 Å². The Bertz CT molecular complexity index is 564. The van der Waals surface area contributed by atoms with Gasteiger partial charge in [-0.1, -0.05) is 0 Å². The number of nitrogen functional groups attached to an aromatic ring is 2. The molecule has 1 heterocycles. The molecule has 1 aromatic heterocycles. The molecule has 0 aliphatic carbocycles. The summed E-state index contributed by atoms with van der Waals surface area (Å²) in [5.74, 6) is -0.0265. The maximum absolute atomic E-state index is 13.5. The van der Waals surface area contributed by atoms with Gasteiger partial charge in [0.25, 0.3) is 0 Å². The summed E-state index contributed by atoms with van der Waals surface area (Å²) in [7, 11) is 0. The van der Waals surface area contributed by atoms with Crippen molar-refractivity contribution in [2.75, 3.05) is 11.5 Å². The molecule has 7 heteroatoms. The maximum Gasteiger partial charge on any atom is 0.238 e. The molecule has 0 unspecified atom stereocenters. The summed E-state index contributed by atoms with van der Waals surface area (Å²) < 4.78 is 19.3. The fraction of sp³-hybridized carbons (Fsp3) is 0.